The Morgan fingerprint density at radius 2 is 1.62 bits per heavy atom. The molecule has 1 aromatic carbocycles. The molecule has 2 atom stereocenters. The zero-order chi connectivity index (χ0) is 14.2. The summed E-state index contributed by atoms with van der Waals surface area (Å²) in [7, 11) is 0. The van der Waals surface area contributed by atoms with E-state index in [1.54, 1.807) is 0 Å². The second kappa shape index (κ2) is 5.45. The van der Waals surface area contributed by atoms with Gasteiger partial charge in [-0.15, -0.1) is 0 Å². The van der Waals surface area contributed by atoms with Gasteiger partial charge in [-0.3, -0.25) is 9.69 Å². The number of carbonyl (C=O) groups is 1. The normalized spacial score (nSPS) is 32.0. The topological polar surface area (TPSA) is 23.6 Å². The number of carbonyl (C=O) groups excluding carboxylic acids is 1. The van der Waals surface area contributed by atoms with Crippen LogP contribution in [0.15, 0.2) is 30.3 Å². The highest BCUT2D eigenvalue weighted by molar-refractivity contribution is 5.79. The van der Waals surface area contributed by atoms with E-state index in [-0.39, 0.29) is 0 Å². The number of amides is 1. The van der Waals surface area contributed by atoms with Crippen molar-refractivity contribution in [3.05, 3.63) is 35.9 Å². The van der Waals surface area contributed by atoms with Gasteiger partial charge in [0.2, 0.25) is 5.91 Å². The molecule has 1 heterocycles. The molecule has 1 amide bonds. The monoisotopic (exact) mass is 284 g/mol. The first kappa shape index (κ1) is 13.3. The van der Waals surface area contributed by atoms with Gasteiger partial charge in [0.05, 0.1) is 0 Å². The molecule has 3 heteroatoms. The van der Waals surface area contributed by atoms with E-state index in [4.69, 9.17) is 0 Å². The lowest BCUT2D eigenvalue weighted by atomic mass is 10.0. The summed E-state index contributed by atoms with van der Waals surface area (Å²) in [6.07, 6.45) is 3.75. The zero-order valence-electron chi connectivity index (χ0n) is 12.6. The molecule has 112 valence electrons. The standard InChI is InChI=1S/C18H24N2O/c21-18(17-11-15-10-16(15)12-17)20-8-6-19(7-9-20)13-14-4-2-1-3-5-14/h1-5,15-17H,6-13H2. The third-order valence-corrected chi connectivity index (χ3v) is 5.53. The summed E-state index contributed by atoms with van der Waals surface area (Å²) < 4.78 is 0. The predicted octanol–water partition coefficient (Wildman–Crippen LogP) is 2.38. The van der Waals surface area contributed by atoms with Gasteiger partial charge in [0, 0.05) is 38.6 Å². The van der Waals surface area contributed by atoms with Crippen LogP contribution < -0.4 is 0 Å². The smallest absolute Gasteiger partial charge is 0.225 e. The van der Waals surface area contributed by atoms with E-state index < -0.39 is 0 Å². The van der Waals surface area contributed by atoms with E-state index in [2.05, 4.69) is 40.1 Å². The molecule has 2 saturated carbocycles. The maximum atomic E-state index is 12.5. The second-order valence-corrected chi connectivity index (χ2v) is 7.01. The first-order valence-electron chi connectivity index (χ1n) is 8.34. The van der Waals surface area contributed by atoms with E-state index in [1.165, 1.54) is 24.8 Å². The van der Waals surface area contributed by atoms with Gasteiger partial charge in [-0.1, -0.05) is 30.3 Å². The Hall–Kier alpha value is -1.35. The molecule has 3 fully saturated rings. The largest absolute Gasteiger partial charge is 0.340 e. The summed E-state index contributed by atoms with van der Waals surface area (Å²) in [6.45, 7) is 4.87. The maximum Gasteiger partial charge on any atom is 0.225 e. The number of nitrogens with zero attached hydrogens (tertiary/aromatic N) is 2. The van der Waals surface area contributed by atoms with Gasteiger partial charge in [-0.25, -0.2) is 0 Å². The first-order chi connectivity index (χ1) is 10.3. The highest BCUT2D eigenvalue weighted by Crippen LogP contribution is 2.54. The molecule has 2 unspecified atom stereocenters. The summed E-state index contributed by atoms with van der Waals surface area (Å²) in [5.74, 6) is 2.60. The van der Waals surface area contributed by atoms with E-state index in [0.717, 1.165) is 44.6 Å². The van der Waals surface area contributed by atoms with Crippen LogP contribution in [-0.4, -0.2) is 41.9 Å². The maximum absolute atomic E-state index is 12.5. The van der Waals surface area contributed by atoms with Crippen molar-refractivity contribution < 1.29 is 4.79 Å². The lowest BCUT2D eigenvalue weighted by Gasteiger charge is -2.36. The molecule has 3 nitrogen and oxygen atoms in total. The molecular formula is C18H24N2O. The van der Waals surface area contributed by atoms with E-state index in [1.807, 2.05) is 0 Å². The van der Waals surface area contributed by atoms with Gasteiger partial charge in [0.25, 0.3) is 0 Å². The first-order valence-corrected chi connectivity index (χ1v) is 8.34. The Kier molecular flexibility index (Phi) is 3.46. The molecule has 2 aliphatic carbocycles. The van der Waals surface area contributed by atoms with Crippen LogP contribution in [0, 0.1) is 17.8 Å². The van der Waals surface area contributed by atoms with Crippen LogP contribution in [0.4, 0.5) is 0 Å². The van der Waals surface area contributed by atoms with Crippen molar-refractivity contribution in [1.82, 2.24) is 9.80 Å². The minimum absolute atomic E-state index is 0.356. The fourth-order valence-electron chi connectivity index (χ4n) is 4.14. The van der Waals surface area contributed by atoms with Crippen molar-refractivity contribution in [1.29, 1.82) is 0 Å². The van der Waals surface area contributed by atoms with Crippen molar-refractivity contribution in [3.8, 4) is 0 Å². The van der Waals surface area contributed by atoms with Gasteiger partial charge >= 0.3 is 0 Å². The average Bonchev–Trinajstić information content (AvgIpc) is 3.14. The van der Waals surface area contributed by atoms with Crippen molar-refractivity contribution in [2.24, 2.45) is 17.8 Å². The van der Waals surface area contributed by atoms with Crippen molar-refractivity contribution in [2.75, 3.05) is 26.2 Å². The zero-order valence-corrected chi connectivity index (χ0v) is 12.6. The highest BCUT2D eigenvalue weighted by atomic mass is 16.2. The van der Waals surface area contributed by atoms with E-state index in [9.17, 15) is 4.79 Å². The lowest BCUT2D eigenvalue weighted by Crippen LogP contribution is -2.49. The van der Waals surface area contributed by atoms with Gasteiger partial charge in [-0.05, 0) is 36.7 Å². The van der Waals surface area contributed by atoms with Gasteiger partial charge in [0.15, 0.2) is 0 Å². The molecule has 0 radical (unpaired) electrons. The molecule has 0 aromatic heterocycles. The summed E-state index contributed by atoms with van der Waals surface area (Å²) in [5.41, 5.74) is 1.37. The Balaban J connectivity index is 1.27. The SMILES string of the molecule is O=C(C1CC2CC2C1)N1CCN(Cc2ccccc2)CC1. The number of piperazine rings is 1. The summed E-state index contributed by atoms with van der Waals surface area (Å²) in [6, 6.07) is 10.6. The third kappa shape index (κ3) is 2.84. The third-order valence-electron chi connectivity index (χ3n) is 5.53. The fraction of sp³-hybridized carbons (Fsp3) is 0.611. The van der Waals surface area contributed by atoms with Crippen molar-refractivity contribution in [3.63, 3.8) is 0 Å². The minimum atomic E-state index is 0.356. The molecule has 1 aliphatic heterocycles. The molecule has 4 rings (SSSR count). The fourth-order valence-corrected chi connectivity index (χ4v) is 4.14. The van der Waals surface area contributed by atoms with Crippen LogP contribution in [0.2, 0.25) is 0 Å². The molecule has 0 N–H and O–H groups in total. The van der Waals surface area contributed by atoms with Crippen LogP contribution in [0.1, 0.15) is 24.8 Å². The Labute approximate surface area is 126 Å². The molecule has 3 aliphatic rings. The molecule has 1 saturated heterocycles. The minimum Gasteiger partial charge on any atom is -0.340 e. The quantitative estimate of drug-likeness (QED) is 0.851. The molecular weight excluding hydrogens is 260 g/mol. The highest BCUT2D eigenvalue weighted by Gasteiger charge is 2.48. The Morgan fingerprint density at radius 1 is 0.952 bits per heavy atom. The second-order valence-electron chi connectivity index (χ2n) is 7.01. The Morgan fingerprint density at radius 3 is 2.29 bits per heavy atom. The Bertz CT molecular complexity index is 497. The number of rotatable bonds is 3. The summed E-state index contributed by atoms with van der Waals surface area (Å²) in [4.78, 5) is 17.1. The van der Waals surface area contributed by atoms with Crippen LogP contribution in [-0.2, 0) is 11.3 Å². The molecule has 0 bridgehead atoms. The van der Waals surface area contributed by atoms with Crippen molar-refractivity contribution in [2.45, 2.75) is 25.8 Å². The van der Waals surface area contributed by atoms with Gasteiger partial charge in [-0.2, -0.15) is 0 Å². The molecule has 21 heavy (non-hydrogen) atoms. The van der Waals surface area contributed by atoms with Crippen LogP contribution in [0.3, 0.4) is 0 Å². The number of fused-ring (bicyclic) bond motifs is 1. The molecule has 1 aromatic rings. The number of benzene rings is 1. The molecule has 0 spiro atoms. The number of hydrogen-bond acceptors (Lipinski definition) is 2. The van der Waals surface area contributed by atoms with Crippen molar-refractivity contribution >= 4 is 5.91 Å². The van der Waals surface area contributed by atoms with Gasteiger partial charge < -0.3 is 4.90 Å². The number of hydrogen-bond donors (Lipinski definition) is 0. The van der Waals surface area contributed by atoms with Crippen LogP contribution >= 0.6 is 0 Å². The average molecular weight is 284 g/mol. The lowest BCUT2D eigenvalue weighted by molar-refractivity contribution is -0.137. The summed E-state index contributed by atoms with van der Waals surface area (Å²) in [5, 5.41) is 0. The predicted molar refractivity (Wildman–Crippen MR) is 82.6 cm³/mol. The van der Waals surface area contributed by atoms with E-state index in [0.29, 0.717) is 11.8 Å². The van der Waals surface area contributed by atoms with Crippen LogP contribution in [0.25, 0.3) is 0 Å². The van der Waals surface area contributed by atoms with Crippen LogP contribution in [0.5, 0.6) is 0 Å². The van der Waals surface area contributed by atoms with Gasteiger partial charge in [0.1, 0.15) is 0 Å². The van der Waals surface area contributed by atoms with E-state index >= 15 is 0 Å². The summed E-state index contributed by atoms with van der Waals surface area (Å²) >= 11 is 0.